The zero-order chi connectivity index (χ0) is 17.6. The average Bonchev–Trinajstić information content (AvgIpc) is 3.16. The average molecular weight is 349 g/mol. The van der Waals surface area contributed by atoms with Crippen molar-refractivity contribution >= 4 is 11.6 Å². The molecular weight excluding hydrogens is 326 g/mol. The molecule has 0 bridgehead atoms. The van der Waals surface area contributed by atoms with Gasteiger partial charge >= 0.3 is 0 Å². The van der Waals surface area contributed by atoms with Gasteiger partial charge in [-0.05, 0) is 43.9 Å². The lowest BCUT2D eigenvalue weighted by atomic mass is 9.93. The number of aromatic amines is 1. The van der Waals surface area contributed by atoms with Crippen LogP contribution in [0, 0.1) is 5.92 Å². The first-order valence-electron chi connectivity index (χ1n) is 9.05. The Morgan fingerprint density at radius 1 is 1.12 bits per heavy atom. The summed E-state index contributed by atoms with van der Waals surface area (Å²) >= 11 is 0. The first kappa shape index (κ1) is 16.7. The Morgan fingerprint density at radius 3 is 2.96 bits per heavy atom. The monoisotopic (exact) mass is 349 g/mol. The van der Waals surface area contributed by atoms with Crippen LogP contribution in [-0.4, -0.2) is 42.9 Å². The molecule has 1 fully saturated rings. The van der Waals surface area contributed by atoms with E-state index >= 15 is 0 Å². The van der Waals surface area contributed by atoms with Crippen molar-refractivity contribution in [1.29, 1.82) is 0 Å². The number of nitrogens with one attached hydrogen (secondary N) is 2. The number of nitrogens with zero attached hydrogens (tertiary/aromatic N) is 5. The van der Waals surface area contributed by atoms with Gasteiger partial charge in [-0.1, -0.05) is 6.07 Å². The summed E-state index contributed by atoms with van der Waals surface area (Å²) in [7, 11) is 0. The molecule has 0 radical (unpaired) electrons. The lowest BCUT2D eigenvalue weighted by Gasteiger charge is -2.32. The third-order valence-electron chi connectivity index (χ3n) is 4.67. The quantitative estimate of drug-likeness (QED) is 0.712. The van der Waals surface area contributed by atoms with Crippen LogP contribution in [0.15, 0.2) is 49.2 Å². The molecule has 0 amide bonds. The SMILES string of the molecule is c1ccc(Nc2cc(C[C@H]3CCCN(Cc4ncc[nH]4)C3)ncn2)nc1. The maximum Gasteiger partial charge on any atom is 0.135 e. The van der Waals surface area contributed by atoms with E-state index < -0.39 is 0 Å². The van der Waals surface area contributed by atoms with E-state index in [1.807, 2.05) is 36.7 Å². The molecule has 4 rings (SSSR count). The molecule has 3 aromatic heterocycles. The second-order valence-corrected chi connectivity index (χ2v) is 6.72. The second-order valence-electron chi connectivity index (χ2n) is 6.72. The Kier molecular flexibility index (Phi) is 5.16. The van der Waals surface area contributed by atoms with E-state index in [0.717, 1.165) is 49.2 Å². The van der Waals surface area contributed by atoms with Gasteiger partial charge in [-0.25, -0.2) is 19.9 Å². The molecule has 1 saturated heterocycles. The van der Waals surface area contributed by atoms with Crippen molar-refractivity contribution in [3.8, 4) is 0 Å². The number of hydrogen-bond acceptors (Lipinski definition) is 6. The topological polar surface area (TPSA) is 82.6 Å². The first-order chi connectivity index (χ1) is 12.8. The molecule has 0 aromatic carbocycles. The van der Waals surface area contributed by atoms with Gasteiger partial charge in [0.15, 0.2) is 0 Å². The van der Waals surface area contributed by atoms with E-state index in [-0.39, 0.29) is 0 Å². The van der Waals surface area contributed by atoms with Gasteiger partial charge in [0.1, 0.15) is 23.8 Å². The van der Waals surface area contributed by atoms with Crippen molar-refractivity contribution in [1.82, 2.24) is 29.8 Å². The van der Waals surface area contributed by atoms with Crippen LogP contribution in [0.25, 0.3) is 0 Å². The Hall–Kier alpha value is -2.80. The van der Waals surface area contributed by atoms with Gasteiger partial charge in [0.25, 0.3) is 0 Å². The summed E-state index contributed by atoms with van der Waals surface area (Å²) in [6, 6.07) is 7.80. The lowest BCUT2D eigenvalue weighted by molar-refractivity contribution is 0.163. The van der Waals surface area contributed by atoms with Crippen LogP contribution in [0.5, 0.6) is 0 Å². The summed E-state index contributed by atoms with van der Waals surface area (Å²) in [5.74, 6) is 3.22. The highest BCUT2D eigenvalue weighted by Gasteiger charge is 2.21. The van der Waals surface area contributed by atoms with Crippen molar-refractivity contribution < 1.29 is 0 Å². The smallest absolute Gasteiger partial charge is 0.135 e. The van der Waals surface area contributed by atoms with Gasteiger partial charge < -0.3 is 10.3 Å². The highest BCUT2D eigenvalue weighted by molar-refractivity contribution is 5.50. The highest BCUT2D eigenvalue weighted by atomic mass is 15.2. The molecule has 0 saturated carbocycles. The molecule has 3 aromatic rings. The number of anilines is 2. The van der Waals surface area contributed by atoms with E-state index in [2.05, 4.69) is 35.1 Å². The van der Waals surface area contributed by atoms with Crippen LogP contribution in [0.2, 0.25) is 0 Å². The third-order valence-corrected chi connectivity index (χ3v) is 4.67. The van der Waals surface area contributed by atoms with Crippen LogP contribution in [-0.2, 0) is 13.0 Å². The standard InChI is InChI=1S/C19H23N7/c1-2-6-20-17(5-1)25-18-11-16(23-14-24-18)10-15-4-3-9-26(12-15)13-19-21-7-8-22-19/h1-2,5-8,11,14-15H,3-4,9-10,12-13H2,(H,21,22)(H,20,23,24,25)/t15-/m1/s1. The zero-order valence-electron chi connectivity index (χ0n) is 14.7. The summed E-state index contributed by atoms with van der Waals surface area (Å²) in [6.07, 6.45) is 10.5. The molecule has 7 heteroatoms. The predicted molar refractivity (Wildman–Crippen MR) is 99.8 cm³/mol. The molecule has 134 valence electrons. The Morgan fingerprint density at radius 2 is 2.12 bits per heavy atom. The zero-order valence-corrected chi connectivity index (χ0v) is 14.7. The summed E-state index contributed by atoms with van der Waals surface area (Å²) < 4.78 is 0. The van der Waals surface area contributed by atoms with Gasteiger partial charge in [0.2, 0.25) is 0 Å². The third kappa shape index (κ3) is 4.43. The fraction of sp³-hybridized carbons (Fsp3) is 0.368. The molecule has 1 atom stereocenters. The van der Waals surface area contributed by atoms with Gasteiger partial charge in [0, 0.05) is 36.9 Å². The summed E-state index contributed by atoms with van der Waals surface area (Å²) in [6.45, 7) is 3.10. The van der Waals surface area contributed by atoms with Gasteiger partial charge in [-0.15, -0.1) is 0 Å². The van der Waals surface area contributed by atoms with Crippen molar-refractivity contribution in [2.24, 2.45) is 5.92 Å². The fourth-order valence-corrected chi connectivity index (χ4v) is 3.50. The minimum absolute atomic E-state index is 0.608. The Bertz CT molecular complexity index is 804. The minimum Gasteiger partial charge on any atom is -0.348 e. The van der Waals surface area contributed by atoms with Gasteiger partial charge in [-0.2, -0.15) is 0 Å². The Balaban J connectivity index is 1.36. The van der Waals surface area contributed by atoms with Crippen LogP contribution in [0.3, 0.4) is 0 Å². The van der Waals surface area contributed by atoms with Crippen LogP contribution < -0.4 is 5.32 Å². The number of pyridine rings is 1. The maximum atomic E-state index is 4.47. The van der Waals surface area contributed by atoms with Gasteiger partial charge in [-0.3, -0.25) is 4.90 Å². The van der Waals surface area contributed by atoms with E-state index in [1.54, 1.807) is 12.5 Å². The molecule has 0 unspecified atom stereocenters. The molecule has 4 heterocycles. The van der Waals surface area contributed by atoms with E-state index in [9.17, 15) is 0 Å². The molecule has 26 heavy (non-hydrogen) atoms. The minimum atomic E-state index is 0.608. The van der Waals surface area contributed by atoms with Gasteiger partial charge in [0.05, 0.1) is 6.54 Å². The van der Waals surface area contributed by atoms with Crippen LogP contribution in [0.1, 0.15) is 24.4 Å². The van der Waals surface area contributed by atoms with Crippen molar-refractivity contribution in [3.05, 3.63) is 60.7 Å². The first-order valence-corrected chi connectivity index (χ1v) is 9.05. The number of aromatic nitrogens is 5. The number of H-pyrrole nitrogens is 1. The van der Waals surface area contributed by atoms with Crippen molar-refractivity contribution in [3.63, 3.8) is 0 Å². The number of imidazole rings is 1. The second kappa shape index (κ2) is 8.05. The maximum absolute atomic E-state index is 4.47. The summed E-state index contributed by atoms with van der Waals surface area (Å²) in [4.78, 5) is 23.1. The summed E-state index contributed by atoms with van der Waals surface area (Å²) in [5, 5.41) is 3.23. The van der Waals surface area contributed by atoms with E-state index in [0.29, 0.717) is 5.92 Å². The molecule has 1 aliphatic rings. The summed E-state index contributed by atoms with van der Waals surface area (Å²) in [5.41, 5.74) is 1.07. The highest BCUT2D eigenvalue weighted by Crippen LogP contribution is 2.22. The Labute approximate surface area is 152 Å². The molecule has 1 aliphatic heterocycles. The molecule has 0 aliphatic carbocycles. The number of hydrogen-bond donors (Lipinski definition) is 2. The van der Waals surface area contributed by atoms with E-state index in [4.69, 9.17) is 0 Å². The van der Waals surface area contributed by atoms with Crippen molar-refractivity contribution in [2.45, 2.75) is 25.8 Å². The predicted octanol–water partition coefficient (Wildman–Crippen LogP) is 2.79. The van der Waals surface area contributed by atoms with Crippen LogP contribution >= 0.6 is 0 Å². The molecule has 0 spiro atoms. The number of rotatable bonds is 6. The fourth-order valence-electron chi connectivity index (χ4n) is 3.50. The van der Waals surface area contributed by atoms with Crippen LogP contribution in [0.4, 0.5) is 11.6 Å². The largest absolute Gasteiger partial charge is 0.348 e. The van der Waals surface area contributed by atoms with Crippen molar-refractivity contribution in [2.75, 3.05) is 18.4 Å². The number of piperidine rings is 1. The number of likely N-dealkylation sites (tertiary alicyclic amines) is 1. The normalized spacial score (nSPS) is 17.9. The molecule has 7 nitrogen and oxygen atoms in total. The molecule has 2 N–H and O–H groups in total. The molecular formula is C19H23N7. The lowest BCUT2D eigenvalue weighted by Crippen LogP contribution is -2.36. The van der Waals surface area contributed by atoms with E-state index in [1.165, 1.54) is 12.8 Å².